The zero-order valence-corrected chi connectivity index (χ0v) is 16.6. The number of hydrogen-bond acceptors (Lipinski definition) is 4. The number of carbonyl (C=O) groups excluding carboxylic acids is 1. The highest BCUT2D eigenvalue weighted by Gasteiger charge is 2.29. The maximum Gasteiger partial charge on any atom is 0.257 e. The van der Waals surface area contributed by atoms with Crippen molar-refractivity contribution in [2.75, 3.05) is 13.1 Å². The van der Waals surface area contributed by atoms with Crippen LogP contribution in [0.3, 0.4) is 0 Å². The standard InChI is InChI=1S/C21H26N6O/c1-15(2)20-19(12-23-27(20)18-6-4-16(3)5-7-18)21(28)25-10-8-17(9-11-25)26-14-22-13-24-26/h4-7,12-15,17H,8-11H2,1-3H3. The van der Waals surface area contributed by atoms with Crippen molar-refractivity contribution in [3.05, 3.63) is 59.9 Å². The summed E-state index contributed by atoms with van der Waals surface area (Å²) in [6.45, 7) is 7.71. The van der Waals surface area contributed by atoms with E-state index in [4.69, 9.17) is 0 Å². The lowest BCUT2D eigenvalue weighted by molar-refractivity contribution is 0.0688. The fourth-order valence-electron chi connectivity index (χ4n) is 3.88. The fraction of sp³-hybridized carbons (Fsp3) is 0.429. The average Bonchev–Trinajstić information content (AvgIpc) is 3.38. The largest absolute Gasteiger partial charge is 0.338 e. The molecule has 3 aromatic rings. The van der Waals surface area contributed by atoms with E-state index in [1.165, 1.54) is 5.56 Å². The van der Waals surface area contributed by atoms with E-state index >= 15 is 0 Å². The Bertz CT molecular complexity index is 934. The zero-order valence-electron chi connectivity index (χ0n) is 16.6. The van der Waals surface area contributed by atoms with E-state index in [2.05, 4.69) is 48.1 Å². The van der Waals surface area contributed by atoms with Crippen LogP contribution in [0.4, 0.5) is 0 Å². The molecule has 1 saturated heterocycles. The molecule has 1 amide bonds. The summed E-state index contributed by atoms with van der Waals surface area (Å²) in [6.07, 6.45) is 6.81. The predicted molar refractivity (Wildman–Crippen MR) is 107 cm³/mol. The van der Waals surface area contributed by atoms with Crippen LogP contribution in [0.15, 0.2) is 43.1 Å². The summed E-state index contributed by atoms with van der Waals surface area (Å²) < 4.78 is 3.80. The number of aromatic nitrogens is 5. The minimum Gasteiger partial charge on any atom is -0.338 e. The number of amides is 1. The third kappa shape index (κ3) is 3.44. The first-order chi connectivity index (χ1) is 13.5. The summed E-state index contributed by atoms with van der Waals surface area (Å²) in [7, 11) is 0. The number of benzene rings is 1. The van der Waals surface area contributed by atoms with Crippen molar-refractivity contribution in [2.45, 2.75) is 45.6 Å². The Balaban J connectivity index is 1.55. The van der Waals surface area contributed by atoms with Crippen LogP contribution in [-0.2, 0) is 0 Å². The van der Waals surface area contributed by atoms with Gasteiger partial charge in [-0.3, -0.25) is 4.79 Å². The first-order valence-electron chi connectivity index (χ1n) is 9.83. The maximum absolute atomic E-state index is 13.3. The van der Waals surface area contributed by atoms with Crippen molar-refractivity contribution in [2.24, 2.45) is 0 Å². The number of aryl methyl sites for hydroxylation is 1. The second kappa shape index (κ2) is 7.58. The van der Waals surface area contributed by atoms with Crippen molar-refractivity contribution >= 4 is 5.91 Å². The highest BCUT2D eigenvalue weighted by atomic mass is 16.2. The van der Waals surface area contributed by atoms with Gasteiger partial charge in [-0.05, 0) is 37.8 Å². The lowest BCUT2D eigenvalue weighted by Crippen LogP contribution is -2.39. The minimum absolute atomic E-state index is 0.0686. The molecule has 28 heavy (non-hydrogen) atoms. The van der Waals surface area contributed by atoms with Gasteiger partial charge in [0.15, 0.2) is 0 Å². The van der Waals surface area contributed by atoms with Gasteiger partial charge in [0.25, 0.3) is 5.91 Å². The molecule has 0 saturated carbocycles. The summed E-state index contributed by atoms with van der Waals surface area (Å²) in [4.78, 5) is 19.2. The first kappa shape index (κ1) is 18.4. The molecule has 0 atom stereocenters. The third-order valence-corrected chi connectivity index (χ3v) is 5.42. The second-order valence-corrected chi connectivity index (χ2v) is 7.74. The second-order valence-electron chi connectivity index (χ2n) is 7.74. The van der Waals surface area contributed by atoms with E-state index in [9.17, 15) is 4.79 Å². The topological polar surface area (TPSA) is 68.8 Å². The Labute approximate surface area is 165 Å². The van der Waals surface area contributed by atoms with Crippen LogP contribution in [0, 0.1) is 6.92 Å². The van der Waals surface area contributed by atoms with Gasteiger partial charge in [0.05, 0.1) is 29.2 Å². The molecule has 146 valence electrons. The highest BCUT2D eigenvalue weighted by Crippen LogP contribution is 2.27. The van der Waals surface area contributed by atoms with Crippen molar-refractivity contribution in [3.63, 3.8) is 0 Å². The van der Waals surface area contributed by atoms with Gasteiger partial charge in [-0.25, -0.2) is 14.3 Å². The number of carbonyl (C=O) groups is 1. The summed E-state index contributed by atoms with van der Waals surface area (Å²) >= 11 is 0. The summed E-state index contributed by atoms with van der Waals surface area (Å²) in [6, 6.07) is 8.54. The number of rotatable bonds is 4. The lowest BCUT2D eigenvalue weighted by atomic mass is 10.0. The minimum atomic E-state index is 0.0686. The molecule has 4 rings (SSSR count). The number of piperidine rings is 1. The molecule has 0 unspecified atom stereocenters. The van der Waals surface area contributed by atoms with Gasteiger partial charge in [-0.15, -0.1) is 0 Å². The molecule has 1 aliphatic rings. The van der Waals surface area contributed by atoms with E-state index < -0.39 is 0 Å². The van der Waals surface area contributed by atoms with Gasteiger partial charge in [-0.2, -0.15) is 10.2 Å². The van der Waals surface area contributed by atoms with E-state index in [1.807, 2.05) is 26.4 Å². The number of hydrogen-bond donors (Lipinski definition) is 0. The maximum atomic E-state index is 13.3. The van der Waals surface area contributed by atoms with Gasteiger partial charge in [0.2, 0.25) is 0 Å². The van der Waals surface area contributed by atoms with Crippen LogP contribution in [0.25, 0.3) is 5.69 Å². The molecular formula is C21H26N6O. The molecule has 0 spiro atoms. The van der Waals surface area contributed by atoms with Crippen LogP contribution in [0.1, 0.15) is 60.3 Å². The van der Waals surface area contributed by atoms with Crippen molar-refractivity contribution in [3.8, 4) is 5.69 Å². The quantitative estimate of drug-likeness (QED) is 0.698. The Kier molecular flexibility index (Phi) is 4.98. The van der Waals surface area contributed by atoms with Crippen LogP contribution in [-0.4, -0.2) is 48.4 Å². The summed E-state index contributed by atoms with van der Waals surface area (Å²) in [5.74, 6) is 0.259. The molecule has 1 fully saturated rings. The Morgan fingerprint density at radius 1 is 1.11 bits per heavy atom. The summed E-state index contributed by atoms with van der Waals surface area (Å²) in [5, 5.41) is 8.79. The highest BCUT2D eigenvalue weighted by molar-refractivity contribution is 5.95. The zero-order chi connectivity index (χ0) is 19.7. The Morgan fingerprint density at radius 3 is 2.43 bits per heavy atom. The Morgan fingerprint density at radius 2 is 1.82 bits per heavy atom. The van der Waals surface area contributed by atoms with Crippen LogP contribution in [0.5, 0.6) is 0 Å². The van der Waals surface area contributed by atoms with Crippen molar-refractivity contribution in [1.82, 2.24) is 29.4 Å². The molecule has 0 N–H and O–H groups in total. The van der Waals surface area contributed by atoms with Gasteiger partial charge >= 0.3 is 0 Å². The van der Waals surface area contributed by atoms with E-state index in [1.54, 1.807) is 18.9 Å². The van der Waals surface area contributed by atoms with Gasteiger partial charge < -0.3 is 4.90 Å². The van der Waals surface area contributed by atoms with Crippen LogP contribution in [0.2, 0.25) is 0 Å². The summed E-state index contributed by atoms with van der Waals surface area (Å²) in [5.41, 5.74) is 3.86. The van der Waals surface area contributed by atoms with E-state index in [0.717, 1.165) is 37.3 Å². The van der Waals surface area contributed by atoms with Crippen molar-refractivity contribution < 1.29 is 4.79 Å². The van der Waals surface area contributed by atoms with E-state index in [0.29, 0.717) is 11.6 Å². The van der Waals surface area contributed by atoms with Gasteiger partial charge in [-0.1, -0.05) is 31.5 Å². The molecule has 1 aromatic carbocycles. The molecule has 7 heteroatoms. The normalized spacial score (nSPS) is 15.4. The molecular weight excluding hydrogens is 352 g/mol. The molecule has 7 nitrogen and oxygen atoms in total. The van der Waals surface area contributed by atoms with Crippen LogP contribution >= 0.6 is 0 Å². The van der Waals surface area contributed by atoms with Crippen LogP contribution < -0.4 is 0 Å². The fourth-order valence-corrected chi connectivity index (χ4v) is 3.88. The molecule has 1 aliphatic heterocycles. The monoisotopic (exact) mass is 378 g/mol. The molecule has 0 radical (unpaired) electrons. The lowest BCUT2D eigenvalue weighted by Gasteiger charge is -2.32. The SMILES string of the molecule is Cc1ccc(-n2ncc(C(=O)N3CCC(n4cncn4)CC3)c2C(C)C)cc1. The Hall–Kier alpha value is -2.96. The predicted octanol–water partition coefficient (Wildman–Crippen LogP) is 3.37. The number of nitrogens with zero attached hydrogens (tertiary/aromatic N) is 6. The molecule has 0 bridgehead atoms. The average molecular weight is 378 g/mol. The van der Waals surface area contributed by atoms with Gasteiger partial charge in [0, 0.05) is 13.1 Å². The van der Waals surface area contributed by atoms with Crippen molar-refractivity contribution in [1.29, 1.82) is 0 Å². The molecule has 2 aromatic heterocycles. The smallest absolute Gasteiger partial charge is 0.257 e. The molecule has 0 aliphatic carbocycles. The first-order valence-corrected chi connectivity index (χ1v) is 9.83. The molecule has 3 heterocycles. The van der Waals surface area contributed by atoms with Gasteiger partial charge in [0.1, 0.15) is 12.7 Å². The third-order valence-electron chi connectivity index (χ3n) is 5.42. The van der Waals surface area contributed by atoms with E-state index in [-0.39, 0.29) is 11.8 Å². The number of likely N-dealkylation sites (tertiary alicyclic amines) is 1.